The lowest BCUT2D eigenvalue weighted by Crippen LogP contribution is -2.46. The zero-order valence-electron chi connectivity index (χ0n) is 21.6. The number of benzene rings is 2. The van der Waals surface area contributed by atoms with Gasteiger partial charge in [-0.15, -0.1) is 0 Å². The molecule has 2 aromatic rings. The zero-order valence-corrected chi connectivity index (χ0v) is 22.4. The fraction of sp³-hybridized carbons (Fsp3) is 0.407. The van der Waals surface area contributed by atoms with Crippen LogP contribution >= 0.6 is 11.8 Å². The highest BCUT2D eigenvalue weighted by atomic mass is 32.2. The number of methoxy groups -OCH3 is 1. The van der Waals surface area contributed by atoms with Crippen LogP contribution in [0.25, 0.3) is 0 Å². The number of amidine groups is 1. The van der Waals surface area contributed by atoms with Gasteiger partial charge >= 0.3 is 5.97 Å². The van der Waals surface area contributed by atoms with E-state index in [1.807, 2.05) is 39.0 Å². The van der Waals surface area contributed by atoms with Gasteiger partial charge in [0, 0.05) is 19.5 Å². The molecule has 1 fully saturated rings. The summed E-state index contributed by atoms with van der Waals surface area (Å²) in [5.41, 5.74) is 1.99. The number of esters is 1. The monoisotopic (exact) mass is 527 g/mol. The number of nitrogens with one attached hydrogen (secondary N) is 1. The second kappa shape index (κ2) is 13.7. The van der Waals surface area contributed by atoms with Crippen molar-refractivity contribution in [3.8, 4) is 11.5 Å². The standard InChI is InChI=1S/C27H33N3O6S/c1-5-30-24(31)17-23(37-27(30)29-20-11-9-19(10-12-20)26(33)34-4)25(32)28-15-14-18-8-13-21(35-6-2)22(16-18)36-7-3/h8-13,16,23H,5-7,14-15,17H2,1-4H3,(H,28,32)/t23-/m1/s1. The first-order valence-corrected chi connectivity index (χ1v) is 13.2. The van der Waals surface area contributed by atoms with E-state index >= 15 is 0 Å². The molecule has 3 rings (SSSR count). The van der Waals surface area contributed by atoms with Crippen molar-refractivity contribution in [2.24, 2.45) is 4.99 Å². The predicted molar refractivity (Wildman–Crippen MR) is 144 cm³/mol. The van der Waals surface area contributed by atoms with E-state index in [9.17, 15) is 14.4 Å². The summed E-state index contributed by atoms with van der Waals surface area (Å²) in [6.07, 6.45) is 0.709. The fourth-order valence-electron chi connectivity index (χ4n) is 3.75. The third-order valence-electron chi connectivity index (χ3n) is 5.58. The van der Waals surface area contributed by atoms with Crippen LogP contribution in [0.1, 0.15) is 43.1 Å². The molecule has 2 aromatic carbocycles. The molecule has 0 bridgehead atoms. The minimum absolute atomic E-state index is 0.0994. The van der Waals surface area contributed by atoms with Gasteiger partial charge in [0.15, 0.2) is 16.7 Å². The molecular weight excluding hydrogens is 494 g/mol. The molecule has 1 aliphatic rings. The molecule has 1 atom stereocenters. The average molecular weight is 528 g/mol. The summed E-state index contributed by atoms with van der Waals surface area (Å²) in [5, 5.41) is 2.82. The van der Waals surface area contributed by atoms with Crippen LogP contribution in [0.5, 0.6) is 11.5 Å². The Morgan fingerprint density at radius 3 is 2.41 bits per heavy atom. The van der Waals surface area contributed by atoms with Crippen molar-refractivity contribution in [2.45, 2.75) is 38.9 Å². The van der Waals surface area contributed by atoms with Crippen LogP contribution < -0.4 is 14.8 Å². The van der Waals surface area contributed by atoms with Crippen LogP contribution in [0.4, 0.5) is 5.69 Å². The van der Waals surface area contributed by atoms with Gasteiger partial charge in [-0.2, -0.15) is 0 Å². The molecule has 2 amide bonds. The van der Waals surface area contributed by atoms with E-state index < -0.39 is 11.2 Å². The molecule has 0 aromatic heterocycles. The van der Waals surface area contributed by atoms with Gasteiger partial charge in [-0.3, -0.25) is 14.5 Å². The van der Waals surface area contributed by atoms with E-state index in [4.69, 9.17) is 14.2 Å². The first-order valence-electron chi connectivity index (χ1n) is 12.3. The predicted octanol–water partition coefficient (Wildman–Crippen LogP) is 3.97. The fourth-order valence-corrected chi connectivity index (χ4v) is 4.93. The maximum absolute atomic E-state index is 12.9. The summed E-state index contributed by atoms with van der Waals surface area (Å²) in [6, 6.07) is 12.3. The molecule has 37 heavy (non-hydrogen) atoms. The van der Waals surface area contributed by atoms with Crippen molar-refractivity contribution in [1.82, 2.24) is 10.2 Å². The summed E-state index contributed by atoms with van der Waals surface area (Å²) in [7, 11) is 1.32. The first-order chi connectivity index (χ1) is 17.9. The summed E-state index contributed by atoms with van der Waals surface area (Å²) >= 11 is 1.26. The number of nitrogens with zero attached hydrogens (tertiary/aromatic N) is 2. The Kier molecular flexibility index (Phi) is 10.4. The highest BCUT2D eigenvalue weighted by Crippen LogP contribution is 2.30. The van der Waals surface area contributed by atoms with Gasteiger partial charge in [-0.05, 0) is 69.2 Å². The number of hydrogen-bond acceptors (Lipinski definition) is 8. The highest BCUT2D eigenvalue weighted by Gasteiger charge is 2.35. The second-order valence-electron chi connectivity index (χ2n) is 8.07. The maximum Gasteiger partial charge on any atom is 0.337 e. The van der Waals surface area contributed by atoms with Crippen LogP contribution in [0.2, 0.25) is 0 Å². The molecular formula is C27H33N3O6S. The maximum atomic E-state index is 12.9. The molecule has 0 spiro atoms. The minimum atomic E-state index is -0.581. The van der Waals surface area contributed by atoms with Gasteiger partial charge in [0.25, 0.3) is 0 Å². The third-order valence-corrected chi connectivity index (χ3v) is 6.77. The minimum Gasteiger partial charge on any atom is -0.490 e. The molecule has 1 heterocycles. The topological polar surface area (TPSA) is 107 Å². The second-order valence-corrected chi connectivity index (χ2v) is 9.24. The molecule has 1 saturated heterocycles. The molecule has 0 radical (unpaired) electrons. The van der Waals surface area contributed by atoms with Gasteiger partial charge in [0.2, 0.25) is 11.8 Å². The Labute approximate surface area is 221 Å². The Morgan fingerprint density at radius 1 is 1.05 bits per heavy atom. The quantitative estimate of drug-likeness (QED) is 0.441. The smallest absolute Gasteiger partial charge is 0.337 e. The van der Waals surface area contributed by atoms with E-state index in [1.54, 1.807) is 29.2 Å². The van der Waals surface area contributed by atoms with E-state index in [0.717, 1.165) is 5.56 Å². The molecule has 0 saturated carbocycles. The molecule has 0 aliphatic carbocycles. The van der Waals surface area contributed by atoms with Gasteiger partial charge in [0.1, 0.15) is 0 Å². The lowest BCUT2D eigenvalue weighted by atomic mass is 10.1. The molecule has 1 aliphatic heterocycles. The van der Waals surface area contributed by atoms with Gasteiger partial charge < -0.3 is 19.5 Å². The van der Waals surface area contributed by atoms with Crippen LogP contribution in [0.3, 0.4) is 0 Å². The van der Waals surface area contributed by atoms with Crippen molar-refractivity contribution >= 4 is 40.4 Å². The lowest BCUT2D eigenvalue weighted by Gasteiger charge is -2.30. The Balaban J connectivity index is 1.64. The number of carbonyl (C=O) groups is 3. The Morgan fingerprint density at radius 2 is 1.76 bits per heavy atom. The molecule has 1 N–H and O–H groups in total. The van der Waals surface area contributed by atoms with Crippen molar-refractivity contribution in [1.29, 1.82) is 0 Å². The van der Waals surface area contributed by atoms with Crippen molar-refractivity contribution in [3.63, 3.8) is 0 Å². The summed E-state index contributed by atoms with van der Waals surface area (Å²) in [5.74, 6) is 0.578. The largest absolute Gasteiger partial charge is 0.490 e. The number of aliphatic imine (C=N–C) groups is 1. The number of rotatable bonds is 11. The Hall–Kier alpha value is -3.53. The van der Waals surface area contributed by atoms with Gasteiger partial charge in [-0.25, -0.2) is 9.79 Å². The number of ether oxygens (including phenoxy) is 3. The average Bonchev–Trinajstić information content (AvgIpc) is 2.90. The van der Waals surface area contributed by atoms with Crippen LogP contribution in [0, 0.1) is 0 Å². The number of amides is 2. The third kappa shape index (κ3) is 7.48. The number of carbonyl (C=O) groups excluding carboxylic acids is 3. The van der Waals surface area contributed by atoms with Gasteiger partial charge in [-0.1, -0.05) is 17.8 Å². The summed E-state index contributed by atoms with van der Waals surface area (Å²) in [6.45, 7) is 7.64. The van der Waals surface area contributed by atoms with Crippen LogP contribution in [0.15, 0.2) is 47.5 Å². The van der Waals surface area contributed by atoms with Crippen molar-refractivity contribution in [2.75, 3.05) is 33.4 Å². The molecule has 9 nitrogen and oxygen atoms in total. The first kappa shape index (κ1) is 28.0. The van der Waals surface area contributed by atoms with Crippen LogP contribution in [-0.2, 0) is 20.7 Å². The molecule has 0 unspecified atom stereocenters. The van der Waals surface area contributed by atoms with Crippen molar-refractivity contribution < 1.29 is 28.6 Å². The van der Waals surface area contributed by atoms with E-state index in [2.05, 4.69) is 10.3 Å². The van der Waals surface area contributed by atoms with E-state index in [-0.39, 0.29) is 18.2 Å². The van der Waals surface area contributed by atoms with Crippen LogP contribution in [-0.4, -0.2) is 66.5 Å². The number of hydrogen-bond donors (Lipinski definition) is 1. The lowest BCUT2D eigenvalue weighted by molar-refractivity contribution is -0.130. The van der Waals surface area contributed by atoms with E-state index in [0.29, 0.717) is 60.6 Å². The summed E-state index contributed by atoms with van der Waals surface area (Å²) in [4.78, 5) is 43.5. The summed E-state index contributed by atoms with van der Waals surface area (Å²) < 4.78 is 16.0. The van der Waals surface area contributed by atoms with Crippen molar-refractivity contribution in [3.05, 3.63) is 53.6 Å². The Bertz CT molecular complexity index is 1140. The zero-order chi connectivity index (χ0) is 26.8. The van der Waals surface area contributed by atoms with Gasteiger partial charge in [0.05, 0.1) is 36.8 Å². The highest BCUT2D eigenvalue weighted by molar-refractivity contribution is 8.15. The van der Waals surface area contributed by atoms with E-state index in [1.165, 1.54) is 18.9 Å². The normalized spacial score (nSPS) is 16.4. The SMILES string of the molecule is CCOc1ccc(CCNC(=O)[C@H]2CC(=O)N(CC)C(=Nc3ccc(C(=O)OC)cc3)S2)cc1OCC. The molecule has 10 heteroatoms. The molecule has 198 valence electrons. The number of thioether (sulfide) groups is 1.